The number of hydrogen-bond donors (Lipinski definition) is 2. The van der Waals surface area contributed by atoms with Crippen LogP contribution in [0.15, 0.2) is 59.8 Å². The van der Waals surface area contributed by atoms with Gasteiger partial charge in [0.1, 0.15) is 5.56 Å². The Hall–Kier alpha value is -4.37. The van der Waals surface area contributed by atoms with Crippen molar-refractivity contribution in [3.05, 3.63) is 77.2 Å². The Bertz CT molecular complexity index is 1550. The molecule has 2 aromatic carbocycles. The van der Waals surface area contributed by atoms with Gasteiger partial charge < -0.3 is 19.3 Å². The Balaban J connectivity index is 1.80. The van der Waals surface area contributed by atoms with Crippen LogP contribution >= 0.6 is 0 Å². The maximum Gasteiger partial charge on any atom is 0.261 e. The minimum atomic E-state index is -1.42. The lowest BCUT2D eigenvalue weighted by atomic mass is 9.99. The summed E-state index contributed by atoms with van der Waals surface area (Å²) in [5.74, 6) is 0.213. The number of hydrogen-bond acceptors (Lipinski definition) is 8. The predicted octanol–water partition coefficient (Wildman–Crippen LogP) is 4.27. The second kappa shape index (κ2) is 11.4. The molecular weight excluding hydrogens is 504 g/mol. The van der Waals surface area contributed by atoms with E-state index < -0.39 is 17.3 Å². The van der Waals surface area contributed by atoms with Gasteiger partial charge in [0.05, 0.1) is 35.8 Å². The summed E-state index contributed by atoms with van der Waals surface area (Å²) in [5.41, 5.74) is 4.04. The van der Waals surface area contributed by atoms with Gasteiger partial charge in [0.2, 0.25) is 5.88 Å². The van der Waals surface area contributed by atoms with Gasteiger partial charge in [-0.25, -0.2) is 4.98 Å². The van der Waals surface area contributed by atoms with Gasteiger partial charge in [0.25, 0.3) is 5.91 Å². The van der Waals surface area contributed by atoms with E-state index in [1.807, 2.05) is 27.1 Å². The normalized spacial score (nSPS) is 11.5. The Labute approximate surface area is 223 Å². The largest absolute Gasteiger partial charge is 0.593 e. The van der Waals surface area contributed by atoms with Crippen LogP contribution in [-0.2, 0) is 18.4 Å². The molecule has 1 unspecified atom stereocenters. The second-order valence-corrected chi connectivity index (χ2v) is 9.73. The van der Waals surface area contributed by atoms with Crippen LogP contribution in [0, 0.1) is 25.2 Å². The maximum atomic E-state index is 13.7. The van der Waals surface area contributed by atoms with Gasteiger partial charge in [-0.2, -0.15) is 10.4 Å². The van der Waals surface area contributed by atoms with Crippen molar-refractivity contribution in [3.63, 3.8) is 0 Å². The third kappa shape index (κ3) is 5.47. The molecule has 38 heavy (non-hydrogen) atoms. The molecule has 0 saturated heterocycles. The molecule has 10 nitrogen and oxygen atoms in total. The first-order chi connectivity index (χ1) is 18.2. The zero-order valence-corrected chi connectivity index (χ0v) is 22.3. The zero-order chi connectivity index (χ0) is 27.4. The average Bonchev–Trinajstić information content (AvgIpc) is 3.25. The van der Waals surface area contributed by atoms with Gasteiger partial charge in [-0.05, 0) is 43.7 Å². The summed E-state index contributed by atoms with van der Waals surface area (Å²) < 4.78 is 28.1. The number of anilines is 1. The number of amides is 1. The predicted molar refractivity (Wildman–Crippen MR) is 144 cm³/mol. The van der Waals surface area contributed by atoms with E-state index in [4.69, 9.17) is 9.47 Å². The van der Waals surface area contributed by atoms with Gasteiger partial charge in [-0.1, -0.05) is 6.07 Å². The molecule has 0 aliphatic carbocycles. The number of rotatable bonds is 8. The highest BCUT2D eigenvalue weighted by Gasteiger charge is 2.24. The van der Waals surface area contributed by atoms with Crippen LogP contribution in [0.1, 0.15) is 27.2 Å². The van der Waals surface area contributed by atoms with E-state index in [1.54, 1.807) is 60.4 Å². The molecule has 0 spiro atoms. The molecule has 0 radical (unpaired) electrons. The Morgan fingerprint density at radius 2 is 1.95 bits per heavy atom. The van der Waals surface area contributed by atoms with Crippen molar-refractivity contribution in [2.24, 2.45) is 7.05 Å². The summed E-state index contributed by atoms with van der Waals surface area (Å²) in [7, 11) is 4.87. The smallest absolute Gasteiger partial charge is 0.261 e. The molecule has 4 rings (SSSR count). The quantitative estimate of drug-likeness (QED) is 0.322. The topological polar surface area (TPSA) is 137 Å². The molecular formula is C27H26N6O4S. The fraction of sp³-hybridized carbons (Fsp3) is 0.185. The van der Waals surface area contributed by atoms with Gasteiger partial charge in [-0.3, -0.25) is 9.48 Å². The Kier molecular flexibility index (Phi) is 7.97. The van der Waals surface area contributed by atoms with Crippen LogP contribution in [0.2, 0.25) is 0 Å². The molecule has 0 aliphatic heterocycles. The minimum Gasteiger partial charge on any atom is -0.593 e. The van der Waals surface area contributed by atoms with Gasteiger partial charge in [0, 0.05) is 55.4 Å². The van der Waals surface area contributed by atoms with E-state index in [1.165, 1.54) is 7.11 Å². The molecule has 0 saturated carbocycles. The third-order valence-corrected chi connectivity index (χ3v) is 6.88. The van der Waals surface area contributed by atoms with Crippen molar-refractivity contribution >= 4 is 23.0 Å². The lowest BCUT2D eigenvalue weighted by Crippen LogP contribution is -2.19. The summed E-state index contributed by atoms with van der Waals surface area (Å²) in [4.78, 5) is 18.7. The van der Waals surface area contributed by atoms with Crippen molar-refractivity contribution in [2.45, 2.75) is 18.7 Å². The van der Waals surface area contributed by atoms with Crippen LogP contribution in [-0.4, -0.2) is 39.4 Å². The summed E-state index contributed by atoms with van der Waals surface area (Å²) in [6, 6.07) is 13.5. The van der Waals surface area contributed by atoms with Gasteiger partial charge in [0.15, 0.2) is 16.4 Å². The highest BCUT2D eigenvalue weighted by atomic mass is 32.2. The molecule has 11 heteroatoms. The fourth-order valence-corrected chi connectivity index (χ4v) is 4.66. The number of aromatic nitrogens is 3. The maximum absolute atomic E-state index is 13.7. The van der Waals surface area contributed by atoms with Gasteiger partial charge >= 0.3 is 0 Å². The van der Waals surface area contributed by atoms with Crippen LogP contribution in [0.4, 0.5) is 5.69 Å². The number of pyridine rings is 1. The van der Waals surface area contributed by atoms with Gasteiger partial charge in [-0.15, -0.1) is 4.72 Å². The SMILES string of the molecule is CN[S+]([O-])c1cccc(NC(=O)c2c(Oc3ccc(C#N)cc3OC)ncc(-c3cn(C)nc3C)c2C)c1. The van der Waals surface area contributed by atoms with E-state index in [0.29, 0.717) is 33.2 Å². The molecule has 2 heterocycles. The molecule has 1 amide bonds. The zero-order valence-electron chi connectivity index (χ0n) is 21.5. The minimum absolute atomic E-state index is 0.0586. The van der Waals surface area contributed by atoms with Crippen LogP contribution in [0.25, 0.3) is 11.1 Å². The molecule has 1 atom stereocenters. The number of nitriles is 1. The Morgan fingerprint density at radius 1 is 1.16 bits per heavy atom. The number of methoxy groups -OCH3 is 1. The monoisotopic (exact) mass is 530 g/mol. The molecule has 2 N–H and O–H groups in total. The first-order valence-electron chi connectivity index (χ1n) is 11.5. The van der Waals surface area contributed by atoms with Crippen molar-refractivity contribution in [1.82, 2.24) is 19.5 Å². The first-order valence-corrected chi connectivity index (χ1v) is 12.7. The van der Waals surface area contributed by atoms with E-state index in [-0.39, 0.29) is 11.4 Å². The molecule has 2 aromatic heterocycles. The van der Waals surface area contributed by atoms with Crippen molar-refractivity contribution in [3.8, 4) is 34.6 Å². The summed E-state index contributed by atoms with van der Waals surface area (Å²) in [5, 5.41) is 16.5. The van der Waals surface area contributed by atoms with Crippen molar-refractivity contribution in [1.29, 1.82) is 5.26 Å². The number of nitrogens with one attached hydrogen (secondary N) is 2. The van der Waals surface area contributed by atoms with E-state index >= 15 is 0 Å². The number of benzene rings is 2. The summed E-state index contributed by atoms with van der Waals surface area (Å²) in [6.07, 6.45) is 3.50. The van der Waals surface area contributed by atoms with Crippen molar-refractivity contribution in [2.75, 3.05) is 19.5 Å². The second-order valence-electron chi connectivity index (χ2n) is 8.31. The standard InChI is InChI=1S/C27H26N6O4S/c1-16-21(22-15-33(4)32-17(22)2)14-30-27(37-23-10-9-18(13-28)11-24(23)36-5)25(16)26(34)31-19-7-6-8-20(12-19)38(35)29-3/h6-12,14-15,29H,1-5H3,(H,31,34). The average molecular weight is 531 g/mol. The number of ether oxygens (including phenoxy) is 2. The van der Waals surface area contributed by atoms with Crippen LogP contribution < -0.4 is 19.5 Å². The highest BCUT2D eigenvalue weighted by molar-refractivity contribution is 7.89. The number of carbonyl (C=O) groups is 1. The van der Waals surface area contributed by atoms with E-state index in [0.717, 1.165) is 16.8 Å². The number of aryl methyl sites for hydroxylation is 2. The summed E-state index contributed by atoms with van der Waals surface area (Å²) in [6.45, 7) is 3.70. The molecule has 0 bridgehead atoms. The number of nitrogens with zero attached hydrogens (tertiary/aromatic N) is 4. The van der Waals surface area contributed by atoms with E-state index in [2.05, 4.69) is 26.2 Å². The summed E-state index contributed by atoms with van der Waals surface area (Å²) >= 11 is -1.42. The molecule has 194 valence electrons. The number of carbonyl (C=O) groups excluding carboxylic acids is 1. The highest BCUT2D eigenvalue weighted by Crippen LogP contribution is 2.37. The molecule has 4 aromatic rings. The third-order valence-electron chi connectivity index (χ3n) is 5.83. The van der Waals surface area contributed by atoms with Crippen molar-refractivity contribution < 1.29 is 18.8 Å². The molecule has 0 fully saturated rings. The van der Waals surface area contributed by atoms with Crippen LogP contribution in [0.3, 0.4) is 0 Å². The fourth-order valence-electron chi connectivity index (χ4n) is 3.99. The lowest BCUT2D eigenvalue weighted by Gasteiger charge is -2.17. The van der Waals surface area contributed by atoms with Crippen LogP contribution in [0.5, 0.6) is 17.4 Å². The first kappa shape index (κ1) is 26.7. The van der Waals surface area contributed by atoms with E-state index in [9.17, 15) is 14.6 Å². The Morgan fingerprint density at radius 3 is 2.61 bits per heavy atom. The lowest BCUT2D eigenvalue weighted by molar-refractivity contribution is 0.102. The molecule has 0 aliphatic rings.